The summed E-state index contributed by atoms with van der Waals surface area (Å²) in [5.41, 5.74) is 0.448. The van der Waals surface area contributed by atoms with E-state index >= 15 is 0 Å². The van der Waals surface area contributed by atoms with E-state index < -0.39 is 5.60 Å². The van der Waals surface area contributed by atoms with Gasteiger partial charge in [0.05, 0.1) is 5.92 Å². The molecule has 0 spiro atoms. The van der Waals surface area contributed by atoms with Gasteiger partial charge in [0.1, 0.15) is 11.4 Å². The van der Waals surface area contributed by atoms with Crippen LogP contribution in [0.4, 0.5) is 0 Å². The van der Waals surface area contributed by atoms with Gasteiger partial charge >= 0.3 is 5.97 Å². The predicted molar refractivity (Wildman–Crippen MR) is 112 cm³/mol. The molecule has 7 heteroatoms. The Hall–Kier alpha value is -2.44. The molecule has 2 saturated heterocycles. The van der Waals surface area contributed by atoms with Crippen LogP contribution < -0.4 is 5.32 Å². The van der Waals surface area contributed by atoms with Crippen LogP contribution in [0.3, 0.4) is 0 Å². The van der Waals surface area contributed by atoms with E-state index in [2.05, 4.69) is 21.9 Å². The summed E-state index contributed by atoms with van der Waals surface area (Å²) in [6.45, 7) is 12.8. The van der Waals surface area contributed by atoms with Gasteiger partial charge in [-0.2, -0.15) is 0 Å². The SMILES string of the molecule is C=N/C(=C\C=C(/C)C1CCC(=O)NC1=O)N1CCC(CC(=O)OC(C)(C)C)CC1. The van der Waals surface area contributed by atoms with E-state index in [1.54, 1.807) is 0 Å². The van der Waals surface area contributed by atoms with E-state index in [1.165, 1.54) is 0 Å². The quantitative estimate of drug-likeness (QED) is 0.319. The monoisotopic (exact) mass is 403 g/mol. The second kappa shape index (κ2) is 9.85. The summed E-state index contributed by atoms with van der Waals surface area (Å²) in [5, 5.41) is 2.39. The molecule has 160 valence electrons. The number of nitrogens with zero attached hydrogens (tertiary/aromatic N) is 2. The molecule has 2 amide bonds. The van der Waals surface area contributed by atoms with Crippen molar-refractivity contribution in [3.63, 3.8) is 0 Å². The highest BCUT2D eigenvalue weighted by molar-refractivity contribution is 5.99. The van der Waals surface area contributed by atoms with Gasteiger partial charge in [0.25, 0.3) is 0 Å². The highest BCUT2D eigenvalue weighted by atomic mass is 16.6. The number of esters is 1. The Morgan fingerprint density at radius 3 is 2.45 bits per heavy atom. The molecule has 1 unspecified atom stereocenters. The first-order valence-corrected chi connectivity index (χ1v) is 10.2. The molecule has 0 aromatic heterocycles. The summed E-state index contributed by atoms with van der Waals surface area (Å²) >= 11 is 0. The fourth-order valence-electron chi connectivity index (χ4n) is 3.69. The van der Waals surface area contributed by atoms with Crippen LogP contribution in [-0.2, 0) is 19.1 Å². The van der Waals surface area contributed by atoms with Gasteiger partial charge < -0.3 is 9.64 Å². The maximum Gasteiger partial charge on any atom is 0.306 e. The van der Waals surface area contributed by atoms with Gasteiger partial charge in [0.15, 0.2) is 0 Å². The number of hydrogen-bond donors (Lipinski definition) is 1. The highest BCUT2D eigenvalue weighted by Gasteiger charge is 2.28. The second-order valence-corrected chi connectivity index (χ2v) is 8.82. The van der Waals surface area contributed by atoms with Crippen molar-refractivity contribution in [2.45, 2.75) is 65.4 Å². The van der Waals surface area contributed by atoms with E-state index in [-0.39, 0.29) is 23.7 Å². The van der Waals surface area contributed by atoms with Crippen LogP contribution in [0.15, 0.2) is 28.5 Å². The Labute approximate surface area is 173 Å². The Balaban J connectivity index is 1.91. The van der Waals surface area contributed by atoms with Crippen molar-refractivity contribution < 1.29 is 19.1 Å². The number of amides is 2. The molecule has 2 rings (SSSR count). The third-order valence-corrected chi connectivity index (χ3v) is 5.26. The number of rotatable bonds is 6. The minimum Gasteiger partial charge on any atom is -0.460 e. The Morgan fingerprint density at radius 2 is 1.90 bits per heavy atom. The molecule has 0 radical (unpaired) electrons. The fraction of sp³-hybridized carbons (Fsp3) is 0.636. The van der Waals surface area contributed by atoms with Crippen molar-refractivity contribution in [1.29, 1.82) is 0 Å². The van der Waals surface area contributed by atoms with Gasteiger partial charge in [0, 0.05) is 25.9 Å². The van der Waals surface area contributed by atoms with Crippen LogP contribution in [0.1, 0.15) is 59.8 Å². The van der Waals surface area contributed by atoms with Gasteiger partial charge in [-0.1, -0.05) is 11.6 Å². The normalized spacial score (nSPS) is 22.3. The van der Waals surface area contributed by atoms with Crippen LogP contribution in [0.25, 0.3) is 0 Å². The fourth-order valence-corrected chi connectivity index (χ4v) is 3.69. The molecule has 2 aliphatic rings. The maximum absolute atomic E-state index is 12.0. The molecule has 1 N–H and O–H groups in total. The van der Waals surface area contributed by atoms with Crippen LogP contribution in [0, 0.1) is 11.8 Å². The molecule has 0 aromatic carbocycles. The van der Waals surface area contributed by atoms with Crippen molar-refractivity contribution >= 4 is 24.5 Å². The lowest BCUT2D eigenvalue weighted by Gasteiger charge is -2.33. The van der Waals surface area contributed by atoms with Gasteiger partial charge in [0.2, 0.25) is 11.8 Å². The minimum absolute atomic E-state index is 0.142. The average molecular weight is 404 g/mol. The molecule has 29 heavy (non-hydrogen) atoms. The molecule has 0 aliphatic carbocycles. The van der Waals surface area contributed by atoms with Gasteiger partial charge in [-0.05, 0) is 65.7 Å². The van der Waals surface area contributed by atoms with Crippen LogP contribution in [0.5, 0.6) is 0 Å². The zero-order valence-corrected chi connectivity index (χ0v) is 18.0. The van der Waals surface area contributed by atoms with Crippen LogP contribution in [-0.4, -0.2) is 48.1 Å². The molecule has 2 heterocycles. The summed E-state index contributed by atoms with van der Waals surface area (Å²) in [6, 6.07) is 0. The van der Waals surface area contributed by atoms with Crippen LogP contribution in [0.2, 0.25) is 0 Å². The van der Waals surface area contributed by atoms with Crippen molar-refractivity contribution in [3.05, 3.63) is 23.5 Å². The maximum atomic E-state index is 12.0. The van der Waals surface area contributed by atoms with E-state index in [9.17, 15) is 14.4 Å². The number of ether oxygens (including phenoxy) is 1. The van der Waals surface area contributed by atoms with Gasteiger partial charge in [-0.15, -0.1) is 0 Å². The lowest BCUT2D eigenvalue weighted by Crippen LogP contribution is -2.41. The molecule has 0 saturated carbocycles. The molecule has 7 nitrogen and oxygen atoms in total. The summed E-state index contributed by atoms with van der Waals surface area (Å²) in [4.78, 5) is 41.6. The predicted octanol–water partition coefficient (Wildman–Crippen LogP) is 2.97. The smallest absolute Gasteiger partial charge is 0.306 e. The molecule has 1 atom stereocenters. The van der Waals surface area contributed by atoms with Crippen molar-refractivity contribution in [1.82, 2.24) is 10.2 Å². The standard InChI is InChI=1S/C22H33N3O4/c1-15(17-7-9-19(26)24-21(17)28)6-8-18(23-5)25-12-10-16(11-13-25)14-20(27)29-22(2,3)4/h6,8,16-17H,5,7,9-14H2,1-4H3,(H,24,26,28)/b15-6+,18-8+. The number of hydrogen-bond acceptors (Lipinski definition) is 6. The average Bonchev–Trinajstić information content (AvgIpc) is 2.61. The first-order chi connectivity index (χ1) is 13.6. The zero-order valence-electron chi connectivity index (χ0n) is 18.0. The van der Waals surface area contributed by atoms with E-state index in [4.69, 9.17) is 4.74 Å². The summed E-state index contributed by atoms with van der Waals surface area (Å²) < 4.78 is 5.42. The van der Waals surface area contributed by atoms with E-state index in [0.29, 0.717) is 25.2 Å². The largest absolute Gasteiger partial charge is 0.460 e. The highest BCUT2D eigenvalue weighted by Crippen LogP contribution is 2.26. The van der Waals surface area contributed by atoms with Gasteiger partial charge in [-0.25, -0.2) is 4.99 Å². The lowest BCUT2D eigenvalue weighted by molar-refractivity contribution is -0.156. The number of likely N-dealkylation sites (tertiary alicyclic amines) is 1. The minimum atomic E-state index is -0.451. The Kier molecular flexibility index (Phi) is 7.76. The van der Waals surface area contributed by atoms with Crippen molar-refractivity contribution in [3.8, 4) is 0 Å². The first-order valence-electron chi connectivity index (χ1n) is 10.2. The number of carbonyl (C=O) groups is 3. The third kappa shape index (κ3) is 7.15. The summed E-state index contributed by atoms with van der Waals surface area (Å²) in [7, 11) is 0. The molecular weight excluding hydrogens is 370 g/mol. The number of aliphatic imine (C=N–C) groups is 1. The Bertz CT molecular complexity index is 710. The number of nitrogens with one attached hydrogen (secondary N) is 1. The molecular formula is C22H33N3O4. The molecule has 0 aromatic rings. The van der Waals surface area contributed by atoms with E-state index in [0.717, 1.165) is 37.3 Å². The first kappa shape index (κ1) is 22.8. The van der Waals surface area contributed by atoms with Crippen LogP contribution >= 0.6 is 0 Å². The van der Waals surface area contributed by atoms with Crippen molar-refractivity contribution in [2.75, 3.05) is 13.1 Å². The summed E-state index contributed by atoms with van der Waals surface area (Å²) in [6.07, 6.45) is 6.89. The molecule has 2 fully saturated rings. The summed E-state index contributed by atoms with van der Waals surface area (Å²) in [5.74, 6) is 0.197. The number of piperidine rings is 2. The Morgan fingerprint density at radius 1 is 1.24 bits per heavy atom. The number of allylic oxidation sites excluding steroid dienone is 2. The van der Waals surface area contributed by atoms with E-state index in [1.807, 2.05) is 39.8 Å². The third-order valence-electron chi connectivity index (χ3n) is 5.26. The lowest BCUT2D eigenvalue weighted by atomic mass is 9.91. The zero-order chi connectivity index (χ0) is 21.6. The number of carbonyl (C=O) groups excluding carboxylic acids is 3. The van der Waals surface area contributed by atoms with Gasteiger partial charge in [-0.3, -0.25) is 19.7 Å². The van der Waals surface area contributed by atoms with Crippen molar-refractivity contribution in [2.24, 2.45) is 16.8 Å². The number of imide groups is 1. The molecule has 2 aliphatic heterocycles. The topological polar surface area (TPSA) is 88.1 Å². The molecule has 0 bridgehead atoms. The second-order valence-electron chi connectivity index (χ2n) is 8.82.